The van der Waals surface area contributed by atoms with E-state index in [-0.39, 0.29) is 18.1 Å². The fraction of sp³-hybridized carbons (Fsp3) is 0.909. The first-order valence-corrected chi connectivity index (χ1v) is 6.04. The van der Waals surface area contributed by atoms with E-state index in [1.54, 1.807) is 4.90 Å². The molecule has 2 saturated heterocycles. The summed E-state index contributed by atoms with van der Waals surface area (Å²) in [5, 5.41) is 0. The standard InChI is InChI=1S/C11H20N2O4/c1-8-5-13(6-9(4-12)17-8)11(14)10-7-15-2-3-16-10/h8-10H,2-7,12H2,1H3. The van der Waals surface area contributed by atoms with Gasteiger partial charge in [-0.2, -0.15) is 0 Å². The maximum atomic E-state index is 12.2. The molecule has 2 fully saturated rings. The molecule has 17 heavy (non-hydrogen) atoms. The van der Waals surface area contributed by atoms with Gasteiger partial charge in [-0.15, -0.1) is 0 Å². The number of hydrogen-bond acceptors (Lipinski definition) is 5. The summed E-state index contributed by atoms with van der Waals surface area (Å²) in [6.07, 6.45) is -0.523. The molecule has 0 aromatic rings. The number of morpholine rings is 1. The number of amides is 1. The van der Waals surface area contributed by atoms with E-state index in [9.17, 15) is 4.79 Å². The molecule has 6 nitrogen and oxygen atoms in total. The Morgan fingerprint density at radius 2 is 2.24 bits per heavy atom. The first kappa shape index (κ1) is 12.8. The van der Waals surface area contributed by atoms with Crippen molar-refractivity contribution >= 4 is 5.91 Å². The van der Waals surface area contributed by atoms with Crippen molar-refractivity contribution in [2.24, 2.45) is 5.73 Å². The highest BCUT2D eigenvalue weighted by Gasteiger charge is 2.33. The van der Waals surface area contributed by atoms with Gasteiger partial charge >= 0.3 is 0 Å². The lowest BCUT2D eigenvalue weighted by molar-refractivity contribution is -0.167. The van der Waals surface area contributed by atoms with Gasteiger partial charge in [0.2, 0.25) is 0 Å². The maximum absolute atomic E-state index is 12.2. The predicted molar refractivity (Wildman–Crippen MR) is 60.5 cm³/mol. The van der Waals surface area contributed by atoms with E-state index in [0.29, 0.717) is 39.5 Å². The minimum Gasteiger partial charge on any atom is -0.376 e. The largest absolute Gasteiger partial charge is 0.376 e. The highest BCUT2D eigenvalue weighted by molar-refractivity contribution is 5.81. The van der Waals surface area contributed by atoms with Crippen molar-refractivity contribution in [1.82, 2.24) is 4.90 Å². The van der Waals surface area contributed by atoms with Crippen LogP contribution in [-0.4, -0.2) is 68.6 Å². The summed E-state index contributed by atoms with van der Waals surface area (Å²) < 4.78 is 16.3. The summed E-state index contributed by atoms with van der Waals surface area (Å²) in [5.74, 6) is -0.0155. The minimum atomic E-state index is -0.465. The van der Waals surface area contributed by atoms with Crippen LogP contribution >= 0.6 is 0 Å². The highest BCUT2D eigenvalue weighted by Crippen LogP contribution is 2.13. The summed E-state index contributed by atoms with van der Waals surface area (Å²) >= 11 is 0. The lowest BCUT2D eigenvalue weighted by atomic mass is 10.2. The van der Waals surface area contributed by atoms with Crippen molar-refractivity contribution < 1.29 is 19.0 Å². The minimum absolute atomic E-state index is 0.0155. The van der Waals surface area contributed by atoms with Crippen molar-refractivity contribution in [2.75, 3.05) is 39.5 Å². The number of carbonyl (C=O) groups is 1. The smallest absolute Gasteiger partial charge is 0.254 e. The van der Waals surface area contributed by atoms with Crippen LogP contribution in [0.15, 0.2) is 0 Å². The maximum Gasteiger partial charge on any atom is 0.254 e. The molecule has 0 spiro atoms. The summed E-state index contributed by atoms with van der Waals surface area (Å²) in [7, 11) is 0. The average Bonchev–Trinajstić information content (AvgIpc) is 2.38. The van der Waals surface area contributed by atoms with Crippen LogP contribution in [0.4, 0.5) is 0 Å². The SMILES string of the molecule is CC1CN(C(=O)C2COCCO2)CC(CN)O1. The Kier molecular flexibility index (Phi) is 4.33. The average molecular weight is 244 g/mol. The molecule has 0 radical (unpaired) electrons. The molecule has 0 aromatic heterocycles. The quantitative estimate of drug-likeness (QED) is 0.673. The number of nitrogens with zero attached hydrogens (tertiary/aromatic N) is 1. The summed E-state index contributed by atoms with van der Waals surface area (Å²) in [6.45, 7) is 4.90. The van der Waals surface area contributed by atoms with E-state index >= 15 is 0 Å². The molecule has 6 heteroatoms. The third-order valence-electron chi connectivity index (χ3n) is 2.99. The second-order valence-electron chi connectivity index (χ2n) is 4.48. The van der Waals surface area contributed by atoms with Gasteiger partial charge in [0.05, 0.1) is 32.0 Å². The van der Waals surface area contributed by atoms with Crippen LogP contribution < -0.4 is 5.73 Å². The Morgan fingerprint density at radius 1 is 1.41 bits per heavy atom. The summed E-state index contributed by atoms with van der Waals surface area (Å²) in [6, 6.07) is 0. The number of carbonyl (C=O) groups excluding carboxylic acids is 1. The normalized spacial score (nSPS) is 34.7. The second kappa shape index (κ2) is 5.77. The van der Waals surface area contributed by atoms with Gasteiger partial charge in [0, 0.05) is 19.6 Å². The molecule has 0 saturated carbocycles. The third kappa shape index (κ3) is 3.16. The van der Waals surface area contributed by atoms with E-state index in [2.05, 4.69) is 0 Å². The van der Waals surface area contributed by atoms with Crippen LogP contribution in [0.2, 0.25) is 0 Å². The zero-order valence-electron chi connectivity index (χ0n) is 10.1. The molecule has 2 N–H and O–H groups in total. The molecule has 2 aliphatic rings. The van der Waals surface area contributed by atoms with Crippen molar-refractivity contribution in [3.05, 3.63) is 0 Å². The molecule has 3 atom stereocenters. The lowest BCUT2D eigenvalue weighted by Crippen LogP contribution is -2.55. The summed E-state index contributed by atoms with van der Waals surface area (Å²) in [5.41, 5.74) is 5.59. The van der Waals surface area contributed by atoms with Crippen LogP contribution in [0.25, 0.3) is 0 Å². The molecule has 98 valence electrons. The number of hydrogen-bond donors (Lipinski definition) is 1. The van der Waals surface area contributed by atoms with Crippen molar-refractivity contribution in [3.8, 4) is 0 Å². The highest BCUT2D eigenvalue weighted by atomic mass is 16.6. The van der Waals surface area contributed by atoms with Crippen molar-refractivity contribution in [3.63, 3.8) is 0 Å². The van der Waals surface area contributed by atoms with E-state index in [0.717, 1.165) is 0 Å². The topological polar surface area (TPSA) is 74.0 Å². The summed E-state index contributed by atoms with van der Waals surface area (Å²) in [4.78, 5) is 14.0. The molecule has 2 aliphatic heterocycles. The number of ether oxygens (including phenoxy) is 3. The third-order valence-corrected chi connectivity index (χ3v) is 2.99. The number of rotatable bonds is 2. The van der Waals surface area contributed by atoms with Crippen LogP contribution in [0.5, 0.6) is 0 Å². The second-order valence-corrected chi connectivity index (χ2v) is 4.48. The first-order chi connectivity index (χ1) is 8.20. The van der Waals surface area contributed by atoms with Crippen LogP contribution in [0.3, 0.4) is 0 Å². The molecule has 1 amide bonds. The first-order valence-electron chi connectivity index (χ1n) is 6.04. The van der Waals surface area contributed by atoms with E-state index < -0.39 is 6.10 Å². The fourth-order valence-corrected chi connectivity index (χ4v) is 2.19. The molecule has 0 bridgehead atoms. The Bertz CT molecular complexity index is 268. The van der Waals surface area contributed by atoms with Gasteiger partial charge in [0.15, 0.2) is 6.10 Å². The van der Waals surface area contributed by atoms with Crippen LogP contribution in [-0.2, 0) is 19.0 Å². The van der Waals surface area contributed by atoms with Gasteiger partial charge in [-0.05, 0) is 6.92 Å². The molecule has 0 aromatic carbocycles. The fourth-order valence-electron chi connectivity index (χ4n) is 2.19. The lowest BCUT2D eigenvalue weighted by Gasteiger charge is -2.38. The zero-order chi connectivity index (χ0) is 12.3. The molecule has 2 heterocycles. The monoisotopic (exact) mass is 244 g/mol. The molecular formula is C11H20N2O4. The Hall–Kier alpha value is -0.690. The van der Waals surface area contributed by atoms with Gasteiger partial charge in [-0.3, -0.25) is 4.79 Å². The molecule has 2 rings (SSSR count). The van der Waals surface area contributed by atoms with Crippen LogP contribution in [0.1, 0.15) is 6.92 Å². The van der Waals surface area contributed by atoms with E-state index in [4.69, 9.17) is 19.9 Å². The van der Waals surface area contributed by atoms with Gasteiger partial charge in [0.1, 0.15) is 0 Å². The van der Waals surface area contributed by atoms with Gasteiger partial charge < -0.3 is 24.8 Å². The Morgan fingerprint density at radius 3 is 2.88 bits per heavy atom. The molecule has 3 unspecified atom stereocenters. The van der Waals surface area contributed by atoms with Crippen LogP contribution in [0, 0.1) is 0 Å². The van der Waals surface area contributed by atoms with Gasteiger partial charge in [-0.1, -0.05) is 0 Å². The Labute approximate surface area is 101 Å². The van der Waals surface area contributed by atoms with Gasteiger partial charge in [-0.25, -0.2) is 0 Å². The van der Waals surface area contributed by atoms with E-state index in [1.807, 2.05) is 6.92 Å². The molecular weight excluding hydrogens is 224 g/mol. The predicted octanol–water partition coefficient (Wildman–Crippen LogP) is -1.02. The van der Waals surface area contributed by atoms with Gasteiger partial charge in [0.25, 0.3) is 5.91 Å². The van der Waals surface area contributed by atoms with E-state index in [1.165, 1.54) is 0 Å². The van der Waals surface area contributed by atoms with Crippen molar-refractivity contribution in [1.29, 1.82) is 0 Å². The number of nitrogens with two attached hydrogens (primary N) is 1. The van der Waals surface area contributed by atoms with Crippen molar-refractivity contribution in [2.45, 2.75) is 25.2 Å². The zero-order valence-corrected chi connectivity index (χ0v) is 10.1. The molecule has 0 aliphatic carbocycles. The Balaban J connectivity index is 1.93.